The molecule has 0 saturated carbocycles. The van der Waals surface area contributed by atoms with Crippen molar-refractivity contribution in [2.24, 2.45) is 0 Å². The topological polar surface area (TPSA) is 80.9 Å². The lowest BCUT2D eigenvalue weighted by Crippen LogP contribution is -2.20. The van der Waals surface area contributed by atoms with Crippen LogP contribution in [0, 0.1) is 0 Å². The Morgan fingerprint density at radius 3 is 3.05 bits per heavy atom. The molecule has 22 heavy (non-hydrogen) atoms. The van der Waals surface area contributed by atoms with Gasteiger partial charge in [-0.15, -0.1) is 11.8 Å². The Morgan fingerprint density at radius 2 is 2.18 bits per heavy atom. The summed E-state index contributed by atoms with van der Waals surface area (Å²) in [4.78, 5) is 21.0. The number of thioether (sulfide) groups is 1. The molecule has 1 N–H and O–H groups in total. The second-order valence-corrected chi connectivity index (χ2v) is 5.59. The Bertz CT molecular complexity index is 798. The minimum Gasteiger partial charge on any atom is -0.359 e. The smallest absolute Gasteiger partial charge is 0.237 e. The van der Waals surface area contributed by atoms with Crippen molar-refractivity contribution in [1.82, 2.24) is 20.4 Å². The SMILES string of the molecule is CNC(=O)Cc1noc(CSc2cccc3cccnc23)n1. The van der Waals surface area contributed by atoms with E-state index in [2.05, 4.69) is 20.4 Å². The number of nitrogens with zero attached hydrogens (tertiary/aromatic N) is 3. The number of nitrogens with one attached hydrogen (secondary N) is 1. The summed E-state index contributed by atoms with van der Waals surface area (Å²) in [6.07, 6.45) is 1.90. The number of amides is 1. The Balaban J connectivity index is 1.70. The Kier molecular flexibility index (Phi) is 4.34. The van der Waals surface area contributed by atoms with Crippen molar-refractivity contribution in [1.29, 1.82) is 0 Å². The summed E-state index contributed by atoms with van der Waals surface area (Å²) in [6.45, 7) is 0. The van der Waals surface area contributed by atoms with Gasteiger partial charge in [0.2, 0.25) is 11.8 Å². The molecule has 1 aromatic carbocycles. The predicted octanol–water partition coefficient (Wildman–Crippen LogP) is 2.20. The number of hydrogen-bond donors (Lipinski definition) is 1. The zero-order chi connectivity index (χ0) is 15.4. The summed E-state index contributed by atoms with van der Waals surface area (Å²) in [7, 11) is 1.58. The molecule has 3 rings (SSSR count). The van der Waals surface area contributed by atoms with Crippen LogP contribution in [0.4, 0.5) is 0 Å². The van der Waals surface area contributed by atoms with Crippen molar-refractivity contribution >= 4 is 28.6 Å². The number of fused-ring (bicyclic) bond motifs is 1. The molecule has 0 aliphatic heterocycles. The average molecular weight is 314 g/mol. The van der Waals surface area contributed by atoms with E-state index in [9.17, 15) is 4.79 Å². The highest BCUT2D eigenvalue weighted by Gasteiger charge is 2.11. The molecule has 0 spiro atoms. The van der Waals surface area contributed by atoms with Gasteiger partial charge in [-0.25, -0.2) is 0 Å². The molecular weight excluding hydrogens is 300 g/mol. The third-order valence-electron chi connectivity index (χ3n) is 3.05. The van der Waals surface area contributed by atoms with Crippen molar-refractivity contribution < 1.29 is 9.32 Å². The number of hydrogen-bond acceptors (Lipinski definition) is 6. The number of carbonyl (C=O) groups excluding carboxylic acids is 1. The lowest BCUT2D eigenvalue weighted by Gasteiger charge is -2.03. The van der Waals surface area contributed by atoms with Crippen LogP contribution in [0.2, 0.25) is 0 Å². The maximum Gasteiger partial charge on any atom is 0.237 e. The van der Waals surface area contributed by atoms with Crippen LogP contribution >= 0.6 is 11.8 Å². The van der Waals surface area contributed by atoms with Gasteiger partial charge in [0.05, 0.1) is 17.7 Å². The number of benzene rings is 1. The average Bonchev–Trinajstić information content (AvgIpc) is 3.00. The molecule has 0 saturated heterocycles. The summed E-state index contributed by atoms with van der Waals surface area (Å²) in [5, 5.41) is 7.43. The van der Waals surface area contributed by atoms with Crippen LogP contribution in [0.15, 0.2) is 45.9 Å². The van der Waals surface area contributed by atoms with Crippen LogP contribution in [0.25, 0.3) is 10.9 Å². The summed E-state index contributed by atoms with van der Waals surface area (Å²) in [5.41, 5.74) is 0.958. The van der Waals surface area contributed by atoms with Gasteiger partial charge >= 0.3 is 0 Å². The highest BCUT2D eigenvalue weighted by Crippen LogP contribution is 2.28. The van der Waals surface area contributed by atoms with Crippen LogP contribution < -0.4 is 5.32 Å². The monoisotopic (exact) mass is 314 g/mol. The second-order valence-electron chi connectivity index (χ2n) is 4.57. The van der Waals surface area contributed by atoms with Crippen LogP contribution in [-0.4, -0.2) is 28.1 Å². The van der Waals surface area contributed by atoms with E-state index in [1.165, 1.54) is 0 Å². The highest BCUT2D eigenvalue weighted by atomic mass is 32.2. The third kappa shape index (κ3) is 3.25. The van der Waals surface area contributed by atoms with E-state index in [-0.39, 0.29) is 12.3 Å². The number of carbonyl (C=O) groups is 1. The fourth-order valence-corrected chi connectivity index (χ4v) is 2.86. The lowest BCUT2D eigenvalue weighted by atomic mass is 10.2. The van der Waals surface area contributed by atoms with Gasteiger partial charge in [0, 0.05) is 23.5 Å². The maximum atomic E-state index is 11.3. The maximum absolute atomic E-state index is 11.3. The number of pyridine rings is 1. The van der Waals surface area contributed by atoms with E-state index in [1.54, 1.807) is 25.0 Å². The zero-order valence-electron chi connectivity index (χ0n) is 11.9. The minimum absolute atomic E-state index is 0.125. The van der Waals surface area contributed by atoms with Crippen molar-refractivity contribution in [3.8, 4) is 0 Å². The van der Waals surface area contributed by atoms with E-state index >= 15 is 0 Å². The molecule has 6 nitrogen and oxygen atoms in total. The molecule has 0 fully saturated rings. The molecule has 0 unspecified atom stereocenters. The first kappa shape index (κ1) is 14.5. The van der Waals surface area contributed by atoms with Crippen LogP contribution in [0.1, 0.15) is 11.7 Å². The summed E-state index contributed by atoms with van der Waals surface area (Å²) in [5.74, 6) is 1.29. The van der Waals surface area contributed by atoms with Crippen LogP contribution in [0.5, 0.6) is 0 Å². The molecule has 0 radical (unpaired) electrons. The largest absolute Gasteiger partial charge is 0.359 e. The van der Waals surface area contributed by atoms with Gasteiger partial charge in [-0.3, -0.25) is 9.78 Å². The predicted molar refractivity (Wildman–Crippen MR) is 83.4 cm³/mol. The summed E-state index contributed by atoms with van der Waals surface area (Å²) < 4.78 is 5.16. The van der Waals surface area contributed by atoms with E-state index in [0.29, 0.717) is 17.5 Å². The molecule has 7 heteroatoms. The van der Waals surface area contributed by atoms with Gasteiger partial charge in [-0.05, 0) is 12.1 Å². The standard InChI is InChI=1S/C15H14N4O2S/c1-16-13(20)8-12-18-14(21-19-12)9-22-11-6-2-4-10-5-3-7-17-15(10)11/h2-7H,8-9H2,1H3,(H,16,20). The Morgan fingerprint density at radius 1 is 1.32 bits per heavy atom. The molecule has 2 heterocycles. The molecule has 0 aliphatic rings. The fraction of sp³-hybridized carbons (Fsp3) is 0.200. The molecule has 0 atom stereocenters. The van der Waals surface area contributed by atoms with Crippen molar-refractivity contribution in [3.05, 3.63) is 48.2 Å². The fourth-order valence-electron chi connectivity index (χ4n) is 1.98. The number of aromatic nitrogens is 3. The molecule has 0 bridgehead atoms. The van der Waals surface area contributed by atoms with Crippen molar-refractivity contribution in [2.45, 2.75) is 17.1 Å². The van der Waals surface area contributed by atoms with Gasteiger partial charge in [0.15, 0.2) is 5.82 Å². The Labute approximate surface area is 131 Å². The van der Waals surface area contributed by atoms with E-state index < -0.39 is 0 Å². The summed E-state index contributed by atoms with van der Waals surface area (Å²) in [6, 6.07) is 9.99. The van der Waals surface area contributed by atoms with E-state index in [1.807, 2.05) is 30.3 Å². The number of rotatable bonds is 5. The quantitative estimate of drug-likeness (QED) is 0.727. The molecule has 1 amide bonds. The first-order chi connectivity index (χ1) is 10.8. The van der Waals surface area contributed by atoms with Gasteiger partial charge < -0.3 is 9.84 Å². The number of para-hydroxylation sites is 1. The molecule has 2 aromatic heterocycles. The summed E-state index contributed by atoms with van der Waals surface area (Å²) >= 11 is 1.58. The lowest BCUT2D eigenvalue weighted by molar-refractivity contribution is -0.120. The minimum atomic E-state index is -0.141. The molecule has 0 aliphatic carbocycles. The first-order valence-electron chi connectivity index (χ1n) is 6.75. The second kappa shape index (κ2) is 6.57. The van der Waals surface area contributed by atoms with Gasteiger partial charge in [0.1, 0.15) is 0 Å². The molecular formula is C15H14N4O2S. The normalized spacial score (nSPS) is 10.8. The Hall–Kier alpha value is -2.41. The highest BCUT2D eigenvalue weighted by molar-refractivity contribution is 7.98. The van der Waals surface area contributed by atoms with Gasteiger partial charge in [0.25, 0.3) is 0 Å². The number of likely N-dealkylation sites (N-methyl/N-ethyl adjacent to an activating group) is 1. The third-order valence-corrected chi connectivity index (χ3v) is 4.09. The van der Waals surface area contributed by atoms with Crippen LogP contribution in [-0.2, 0) is 17.0 Å². The van der Waals surface area contributed by atoms with E-state index in [0.717, 1.165) is 15.8 Å². The molecule has 3 aromatic rings. The van der Waals surface area contributed by atoms with Gasteiger partial charge in [-0.2, -0.15) is 4.98 Å². The van der Waals surface area contributed by atoms with Crippen molar-refractivity contribution in [3.63, 3.8) is 0 Å². The van der Waals surface area contributed by atoms with Crippen LogP contribution in [0.3, 0.4) is 0 Å². The van der Waals surface area contributed by atoms with E-state index in [4.69, 9.17) is 4.52 Å². The van der Waals surface area contributed by atoms with Crippen molar-refractivity contribution in [2.75, 3.05) is 7.05 Å². The van der Waals surface area contributed by atoms with Gasteiger partial charge in [-0.1, -0.05) is 23.4 Å². The zero-order valence-corrected chi connectivity index (χ0v) is 12.8. The first-order valence-corrected chi connectivity index (χ1v) is 7.73. The molecule has 112 valence electrons.